The Morgan fingerprint density at radius 3 is 2.58 bits per heavy atom. The number of nitrogens with one attached hydrogen (secondary N) is 1. The second kappa shape index (κ2) is 6.68. The molecule has 0 aromatic heterocycles. The van der Waals surface area contributed by atoms with E-state index in [-0.39, 0.29) is 18.0 Å². The van der Waals surface area contributed by atoms with E-state index in [2.05, 4.69) is 5.32 Å². The highest BCUT2D eigenvalue weighted by Gasteiger charge is 2.34. The largest absolute Gasteiger partial charge is 0.461 e. The van der Waals surface area contributed by atoms with Crippen molar-refractivity contribution in [3.05, 3.63) is 35.9 Å². The van der Waals surface area contributed by atoms with E-state index in [1.165, 1.54) is 0 Å². The summed E-state index contributed by atoms with van der Waals surface area (Å²) in [6.07, 6.45) is 1.95. The lowest BCUT2D eigenvalue weighted by molar-refractivity contribution is -0.149. The van der Waals surface area contributed by atoms with E-state index in [0.717, 1.165) is 31.5 Å². The maximum atomic E-state index is 11.9. The van der Waals surface area contributed by atoms with Crippen molar-refractivity contribution >= 4 is 5.97 Å². The third kappa shape index (κ3) is 4.04. The molecule has 4 nitrogen and oxygen atoms in total. The van der Waals surface area contributed by atoms with Gasteiger partial charge in [-0.1, -0.05) is 30.3 Å². The van der Waals surface area contributed by atoms with Crippen LogP contribution in [0, 0.1) is 5.41 Å². The number of aliphatic hydroxyl groups is 1. The van der Waals surface area contributed by atoms with Gasteiger partial charge in [0.05, 0.1) is 6.42 Å². The summed E-state index contributed by atoms with van der Waals surface area (Å²) < 4.78 is 5.29. The van der Waals surface area contributed by atoms with E-state index in [4.69, 9.17) is 4.74 Å². The summed E-state index contributed by atoms with van der Waals surface area (Å²) in [6, 6.07) is 9.64. The van der Waals surface area contributed by atoms with E-state index in [0.29, 0.717) is 13.0 Å². The number of hydrogen-bond donors (Lipinski definition) is 2. The van der Waals surface area contributed by atoms with Crippen LogP contribution in [-0.4, -0.2) is 30.8 Å². The highest BCUT2D eigenvalue weighted by atomic mass is 16.5. The SMILES string of the molecule is O=C(CC1(CO)CCNCC1)OCc1ccccc1. The minimum absolute atomic E-state index is 0.0507. The van der Waals surface area contributed by atoms with Gasteiger partial charge < -0.3 is 15.2 Å². The first kappa shape index (κ1) is 14.0. The number of ether oxygens (including phenoxy) is 1. The van der Waals surface area contributed by atoms with Crippen molar-refractivity contribution in [2.75, 3.05) is 19.7 Å². The topological polar surface area (TPSA) is 58.6 Å². The summed E-state index contributed by atoms with van der Waals surface area (Å²) in [5, 5.41) is 12.8. The Morgan fingerprint density at radius 1 is 1.26 bits per heavy atom. The molecule has 1 aromatic rings. The van der Waals surface area contributed by atoms with Crippen molar-refractivity contribution in [1.29, 1.82) is 0 Å². The van der Waals surface area contributed by atoms with Crippen molar-refractivity contribution < 1.29 is 14.6 Å². The molecule has 1 aliphatic heterocycles. The number of benzene rings is 1. The highest BCUT2D eigenvalue weighted by Crippen LogP contribution is 2.32. The first-order valence-electron chi connectivity index (χ1n) is 6.75. The molecule has 0 saturated carbocycles. The van der Waals surface area contributed by atoms with Gasteiger partial charge in [-0.05, 0) is 31.5 Å². The Hall–Kier alpha value is -1.39. The van der Waals surface area contributed by atoms with Gasteiger partial charge in [0.15, 0.2) is 0 Å². The van der Waals surface area contributed by atoms with Crippen LogP contribution < -0.4 is 5.32 Å². The zero-order valence-electron chi connectivity index (χ0n) is 11.1. The van der Waals surface area contributed by atoms with Crippen LogP contribution in [0.25, 0.3) is 0 Å². The molecule has 0 aliphatic carbocycles. The van der Waals surface area contributed by atoms with Gasteiger partial charge >= 0.3 is 5.97 Å². The van der Waals surface area contributed by atoms with E-state index >= 15 is 0 Å². The van der Waals surface area contributed by atoms with Gasteiger partial charge in [-0.3, -0.25) is 4.79 Å². The maximum Gasteiger partial charge on any atom is 0.306 e. The van der Waals surface area contributed by atoms with Crippen LogP contribution in [0.4, 0.5) is 0 Å². The van der Waals surface area contributed by atoms with Crippen molar-refractivity contribution in [1.82, 2.24) is 5.32 Å². The van der Waals surface area contributed by atoms with Crippen molar-refractivity contribution in [2.24, 2.45) is 5.41 Å². The Labute approximate surface area is 113 Å². The van der Waals surface area contributed by atoms with Crippen molar-refractivity contribution in [3.63, 3.8) is 0 Å². The number of carbonyl (C=O) groups is 1. The molecule has 2 N–H and O–H groups in total. The minimum atomic E-state index is -0.293. The average Bonchev–Trinajstić information content (AvgIpc) is 2.47. The molecule has 0 bridgehead atoms. The predicted molar refractivity (Wildman–Crippen MR) is 72.5 cm³/mol. The van der Waals surface area contributed by atoms with Crippen LogP contribution in [-0.2, 0) is 16.1 Å². The third-order valence-electron chi connectivity index (χ3n) is 3.76. The Morgan fingerprint density at radius 2 is 1.95 bits per heavy atom. The van der Waals surface area contributed by atoms with Gasteiger partial charge in [0.25, 0.3) is 0 Å². The van der Waals surface area contributed by atoms with Gasteiger partial charge in [-0.25, -0.2) is 0 Å². The smallest absolute Gasteiger partial charge is 0.306 e. The molecule has 0 radical (unpaired) electrons. The van der Waals surface area contributed by atoms with E-state index in [1.807, 2.05) is 30.3 Å². The fourth-order valence-electron chi connectivity index (χ4n) is 2.44. The number of aliphatic hydroxyl groups excluding tert-OH is 1. The summed E-state index contributed by atoms with van der Waals surface area (Å²) in [6.45, 7) is 2.06. The molecule has 1 heterocycles. The second-order valence-electron chi connectivity index (χ2n) is 5.23. The van der Waals surface area contributed by atoms with Gasteiger partial charge in [-0.15, -0.1) is 0 Å². The molecule has 0 amide bonds. The molecule has 0 spiro atoms. The summed E-state index contributed by atoms with van der Waals surface area (Å²) in [5.41, 5.74) is 0.693. The summed E-state index contributed by atoms with van der Waals surface area (Å²) >= 11 is 0. The van der Waals surface area contributed by atoms with Crippen LogP contribution in [0.3, 0.4) is 0 Å². The number of esters is 1. The number of carbonyl (C=O) groups excluding carboxylic acids is 1. The molecule has 1 saturated heterocycles. The van der Waals surface area contributed by atoms with Crippen LogP contribution in [0.2, 0.25) is 0 Å². The van der Waals surface area contributed by atoms with Crippen LogP contribution in [0.15, 0.2) is 30.3 Å². The lowest BCUT2D eigenvalue weighted by atomic mass is 9.77. The standard InChI is InChI=1S/C15H21NO3/c17-12-15(6-8-16-9-7-15)10-14(18)19-11-13-4-2-1-3-5-13/h1-5,16-17H,6-12H2. The molecular weight excluding hydrogens is 242 g/mol. The summed E-state index contributed by atoms with van der Waals surface area (Å²) in [7, 11) is 0. The average molecular weight is 263 g/mol. The first-order chi connectivity index (χ1) is 9.24. The molecule has 0 atom stereocenters. The lowest BCUT2D eigenvalue weighted by Gasteiger charge is -2.35. The fourth-order valence-corrected chi connectivity index (χ4v) is 2.44. The Bertz CT molecular complexity index is 399. The minimum Gasteiger partial charge on any atom is -0.461 e. The normalized spacial score (nSPS) is 17.9. The molecule has 1 aromatic carbocycles. The summed E-state index contributed by atoms with van der Waals surface area (Å²) in [5.74, 6) is -0.222. The zero-order chi connectivity index (χ0) is 13.6. The van der Waals surface area contributed by atoms with E-state index < -0.39 is 0 Å². The number of piperidine rings is 1. The molecule has 2 rings (SSSR count). The highest BCUT2D eigenvalue weighted by molar-refractivity contribution is 5.70. The maximum absolute atomic E-state index is 11.9. The molecule has 1 aliphatic rings. The zero-order valence-corrected chi connectivity index (χ0v) is 11.1. The molecule has 4 heteroatoms. The second-order valence-corrected chi connectivity index (χ2v) is 5.23. The quantitative estimate of drug-likeness (QED) is 0.790. The summed E-state index contributed by atoms with van der Waals surface area (Å²) in [4.78, 5) is 11.9. The van der Waals surface area contributed by atoms with Gasteiger partial charge in [0.1, 0.15) is 6.61 Å². The fraction of sp³-hybridized carbons (Fsp3) is 0.533. The van der Waals surface area contributed by atoms with Gasteiger partial charge in [-0.2, -0.15) is 0 Å². The number of rotatable bonds is 5. The van der Waals surface area contributed by atoms with E-state index in [1.54, 1.807) is 0 Å². The number of hydrogen-bond acceptors (Lipinski definition) is 4. The molecule has 0 unspecified atom stereocenters. The molecule has 1 fully saturated rings. The third-order valence-corrected chi connectivity index (χ3v) is 3.76. The van der Waals surface area contributed by atoms with E-state index in [9.17, 15) is 9.90 Å². The van der Waals surface area contributed by atoms with Gasteiger partial charge in [0, 0.05) is 12.0 Å². The van der Waals surface area contributed by atoms with Gasteiger partial charge in [0.2, 0.25) is 0 Å². The van der Waals surface area contributed by atoms with Crippen LogP contribution in [0.1, 0.15) is 24.8 Å². The molecule has 19 heavy (non-hydrogen) atoms. The molecular formula is C15H21NO3. The van der Waals surface area contributed by atoms with Crippen molar-refractivity contribution in [3.8, 4) is 0 Å². The van der Waals surface area contributed by atoms with Crippen LogP contribution >= 0.6 is 0 Å². The predicted octanol–water partition coefficient (Wildman–Crippen LogP) is 1.48. The monoisotopic (exact) mass is 263 g/mol. The first-order valence-corrected chi connectivity index (χ1v) is 6.75. The molecule has 104 valence electrons. The Kier molecular flexibility index (Phi) is 4.93. The Balaban J connectivity index is 1.83. The van der Waals surface area contributed by atoms with Crippen molar-refractivity contribution in [2.45, 2.75) is 25.9 Å². The van der Waals surface area contributed by atoms with Crippen LogP contribution in [0.5, 0.6) is 0 Å². The lowest BCUT2D eigenvalue weighted by Crippen LogP contribution is -2.40.